The first kappa shape index (κ1) is 27.2. The maximum absolute atomic E-state index is 12.8. The number of carbonyl (C=O) groups excluding carboxylic acids is 1. The first-order valence-corrected chi connectivity index (χ1v) is 12.5. The van der Waals surface area contributed by atoms with Gasteiger partial charge >= 0.3 is 5.97 Å². The van der Waals surface area contributed by atoms with Crippen LogP contribution in [0.1, 0.15) is 36.0 Å². The summed E-state index contributed by atoms with van der Waals surface area (Å²) in [5, 5.41) is 19.4. The van der Waals surface area contributed by atoms with Crippen molar-refractivity contribution in [2.45, 2.75) is 37.0 Å². The van der Waals surface area contributed by atoms with Gasteiger partial charge in [0.05, 0.1) is 39.4 Å². The summed E-state index contributed by atoms with van der Waals surface area (Å²) in [5.74, 6) is 0.0730. The molecule has 4 rings (SSSR count). The van der Waals surface area contributed by atoms with Crippen molar-refractivity contribution in [3.63, 3.8) is 0 Å². The Hall–Kier alpha value is -3.88. The first-order chi connectivity index (χ1) is 18.4. The molecule has 1 aliphatic heterocycles. The molecule has 0 bridgehead atoms. The molecule has 0 aromatic heterocycles. The molecule has 3 aromatic rings. The predicted octanol–water partition coefficient (Wildman–Crippen LogP) is 3.84. The summed E-state index contributed by atoms with van der Waals surface area (Å²) in [7, 11) is 3.22. The Labute approximate surface area is 222 Å². The summed E-state index contributed by atoms with van der Waals surface area (Å²) in [4.78, 5) is 25.4. The third-order valence-corrected chi connectivity index (χ3v) is 6.93. The molecule has 1 fully saturated rings. The van der Waals surface area contributed by atoms with Gasteiger partial charge in [-0.25, -0.2) is 0 Å². The van der Waals surface area contributed by atoms with E-state index in [-0.39, 0.29) is 31.9 Å². The van der Waals surface area contributed by atoms with Crippen molar-refractivity contribution in [2.75, 3.05) is 27.4 Å². The van der Waals surface area contributed by atoms with Crippen LogP contribution in [0.3, 0.4) is 0 Å². The maximum Gasteiger partial charge on any atom is 0.303 e. The number of aliphatic hydroxyl groups excluding tert-OH is 1. The van der Waals surface area contributed by atoms with Crippen molar-refractivity contribution < 1.29 is 34.0 Å². The van der Waals surface area contributed by atoms with Crippen LogP contribution in [0, 0.1) is 0 Å². The van der Waals surface area contributed by atoms with Crippen molar-refractivity contribution in [1.82, 2.24) is 4.90 Å². The molecule has 1 amide bonds. The van der Waals surface area contributed by atoms with Crippen molar-refractivity contribution in [2.24, 2.45) is 0 Å². The number of likely N-dealkylation sites (tertiary alicyclic amines) is 1. The number of β-amino-alcohol motifs (C(OH)–C–C–N with tert-alkyl or cyclic N) is 1. The summed E-state index contributed by atoms with van der Waals surface area (Å²) in [6.07, 6.45) is -0.746. The molecule has 2 N–H and O–H groups in total. The lowest BCUT2D eigenvalue weighted by Crippen LogP contribution is -2.42. The average molecular weight is 520 g/mol. The van der Waals surface area contributed by atoms with E-state index in [0.29, 0.717) is 17.9 Å². The second-order valence-corrected chi connectivity index (χ2v) is 9.30. The highest BCUT2D eigenvalue weighted by molar-refractivity contribution is 5.81. The molecule has 200 valence electrons. The zero-order valence-electron chi connectivity index (χ0n) is 21.6. The van der Waals surface area contributed by atoms with Gasteiger partial charge in [0.15, 0.2) is 0 Å². The first-order valence-electron chi connectivity index (χ1n) is 12.5. The normalized spacial score (nSPS) is 17.3. The molecule has 1 saturated heterocycles. The van der Waals surface area contributed by atoms with Crippen LogP contribution in [-0.2, 0) is 19.9 Å². The number of hydrogen-bond acceptors (Lipinski definition) is 6. The fourth-order valence-electron chi connectivity index (χ4n) is 5.01. The second-order valence-electron chi connectivity index (χ2n) is 9.30. The van der Waals surface area contributed by atoms with Crippen LogP contribution in [-0.4, -0.2) is 66.5 Å². The SMILES string of the molecule is COc1ccc(C(OC[C@H]2C[C@H](O)CN2C(=O)CCC(=O)O)(c2ccccc2)c2ccc(OC)cc2)cc1. The molecule has 1 heterocycles. The zero-order chi connectivity index (χ0) is 27.1. The topological polar surface area (TPSA) is 106 Å². The molecule has 0 spiro atoms. The lowest BCUT2D eigenvalue weighted by atomic mass is 9.80. The number of aliphatic carboxylic acids is 1. The Bertz CT molecular complexity index is 1160. The third kappa shape index (κ3) is 5.82. The number of nitrogens with zero attached hydrogens (tertiary/aromatic N) is 1. The van der Waals surface area contributed by atoms with E-state index in [9.17, 15) is 14.7 Å². The number of carboxylic acid groups (broad SMARTS) is 1. The monoisotopic (exact) mass is 519 g/mol. The van der Waals surface area contributed by atoms with Crippen molar-refractivity contribution in [1.29, 1.82) is 0 Å². The molecule has 0 aliphatic carbocycles. The Morgan fingerprint density at radius 3 is 1.87 bits per heavy atom. The number of rotatable bonds is 11. The van der Waals surface area contributed by atoms with E-state index >= 15 is 0 Å². The van der Waals surface area contributed by atoms with Crippen LogP contribution >= 0.6 is 0 Å². The van der Waals surface area contributed by atoms with E-state index in [2.05, 4.69) is 0 Å². The van der Waals surface area contributed by atoms with E-state index in [0.717, 1.165) is 16.7 Å². The van der Waals surface area contributed by atoms with E-state index in [1.165, 1.54) is 0 Å². The quantitative estimate of drug-likeness (QED) is 0.371. The highest BCUT2D eigenvalue weighted by atomic mass is 16.5. The van der Waals surface area contributed by atoms with Gasteiger partial charge in [-0.3, -0.25) is 9.59 Å². The Balaban J connectivity index is 1.76. The highest BCUT2D eigenvalue weighted by Crippen LogP contribution is 2.42. The number of hydrogen-bond donors (Lipinski definition) is 2. The van der Waals surface area contributed by atoms with Gasteiger partial charge < -0.3 is 29.3 Å². The van der Waals surface area contributed by atoms with Gasteiger partial charge in [-0.1, -0.05) is 54.6 Å². The molecular weight excluding hydrogens is 486 g/mol. The number of carboxylic acids is 1. The van der Waals surface area contributed by atoms with Gasteiger partial charge in [0.1, 0.15) is 17.1 Å². The number of carbonyl (C=O) groups is 2. The minimum absolute atomic E-state index is 0.126. The summed E-state index contributed by atoms with van der Waals surface area (Å²) < 4.78 is 17.6. The molecule has 8 nitrogen and oxygen atoms in total. The highest BCUT2D eigenvalue weighted by Gasteiger charge is 2.41. The summed E-state index contributed by atoms with van der Waals surface area (Å²) in [6.45, 7) is 0.276. The largest absolute Gasteiger partial charge is 0.497 e. The number of ether oxygens (including phenoxy) is 3. The number of aliphatic hydroxyl groups is 1. The molecule has 0 unspecified atom stereocenters. The molecule has 38 heavy (non-hydrogen) atoms. The Kier molecular flexibility index (Phi) is 8.66. The van der Waals surface area contributed by atoms with Crippen LogP contribution in [0.5, 0.6) is 11.5 Å². The van der Waals surface area contributed by atoms with Gasteiger partial charge in [0.25, 0.3) is 0 Å². The van der Waals surface area contributed by atoms with E-state index in [1.807, 2.05) is 78.9 Å². The van der Waals surface area contributed by atoms with E-state index in [1.54, 1.807) is 19.1 Å². The minimum atomic E-state index is -1.05. The second kappa shape index (κ2) is 12.1. The fraction of sp³-hybridized carbons (Fsp3) is 0.333. The van der Waals surface area contributed by atoms with Crippen LogP contribution in [0.2, 0.25) is 0 Å². The summed E-state index contributed by atoms with van der Waals surface area (Å²) >= 11 is 0. The zero-order valence-corrected chi connectivity index (χ0v) is 21.6. The smallest absolute Gasteiger partial charge is 0.303 e. The van der Waals surface area contributed by atoms with Crippen LogP contribution < -0.4 is 9.47 Å². The van der Waals surface area contributed by atoms with Gasteiger partial charge in [-0.05, 0) is 47.4 Å². The van der Waals surface area contributed by atoms with Gasteiger partial charge in [0, 0.05) is 13.0 Å². The lowest BCUT2D eigenvalue weighted by Gasteiger charge is -2.38. The van der Waals surface area contributed by atoms with Gasteiger partial charge in [-0.15, -0.1) is 0 Å². The van der Waals surface area contributed by atoms with E-state index in [4.69, 9.17) is 19.3 Å². The number of benzene rings is 3. The third-order valence-electron chi connectivity index (χ3n) is 6.93. The molecule has 8 heteroatoms. The van der Waals surface area contributed by atoms with Crippen molar-refractivity contribution in [3.05, 3.63) is 95.6 Å². The van der Waals surface area contributed by atoms with Crippen LogP contribution in [0.4, 0.5) is 0 Å². The maximum atomic E-state index is 12.8. The molecule has 0 saturated carbocycles. The predicted molar refractivity (Wildman–Crippen MR) is 141 cm³/mol. The Morgan fingerprint density at radius 2 is 1.37 bits per heavy atom. The van der Waals surface area contributed by atoms with E-state index < -0.39 is 23.7 Å². The lowest BCUT2D eigenvalue weighted by molar-refractivity contribution is -0.142. The Morgan fingerprint density at radius 1 is 0.842 bits per heavy atom. The van der Waals surface area contributed by atoms with Crippen molar-refractivity contribution >= 4 is 11.9 Å². The molecule has 0 radical (unpaired) electrons. The molecule has 2 atom stereocenters. The molecular formula is C30H33NO7. The van der Waals surface area contributed by atoms with Crippen molar-refractivity contribution in [3.8, 4) is 11.5 Å². The molecule has 3 aromatic carbocycles. The van der Waals surface area contributed by atoms with Gasteiger partial charge in [0.2, 0.25) is 5.91 Å². The number of methoxy groups -OCH3 is 2. The summed E-state index contributed by atoms with van der Waals surface area (Å²) in [5.41, 5.74) is 1.55. The van der Waals surface area contributed by atoms with Gasteiger partial charge in [-0.2, -0.15) is 0 Å². The standard InChI is InChI=1S/C30H33NO7/c1-36-26-12-8-22(9-13-26)30(21-6-4-3-5-7-21,23-10-14-27(37-2)15-11-23)38-20-24-18-25(32)19-31(24)28(33)16-17-29(34)35/h3-15,24-25,32H,16-20H2,1-2H3,(H,34,35)/t24-,25+/m1/s1. The van der Waals surface area contributed by atoms with Crippen LogP contribution in [0.25, 0.3) is 0 Å². The molecule has 1 aliphatic rings. The fourth-order valence-corrected chi connectivity index (χ4v) is 5.01. The minimum Gasteiger partial charge on any atom is -0.497 e. The summed E-state index contributed by atoms with van der Waals surface area (Å²) in [6, 6.07) is 24.7. The average Bonchev–Trinajstić information content (AvgIpc) is 3.33. The number of amides is 1. The van der Waals surface area contributed by atoms with Crippen LogP contribution in [0.15, 0.2) is 78.9 Å².